The van der Waals surface area contributed by atoms with E-state index in [-0.39, 0.29) is 30.9 Å². The molecule has 0 bridgehead atoms. The van der Waals surface area contributed by atoms with E-state index in [0.717, 1.165) is 25.9 Å². The fraction of sp³-hybridized carbons (Fsp3) is 0.471. The Labute approximate surface area is 157 Å². The lowest BCUT2D eigenvalue weighted by atomic mass is 10.1. The molecule has 1 amide bonds. The average Bonchev–Trinajstić information content (AvgIpc) is 3.27. The van der Waals surface area contributed by atoms with Crippen molar-refractivity contribution in [3.05, 3.63) is 41.1 Å². The minimum absolute atomic E-state index is 0. The molecule has 26 heavy (non-hydrogen) atoms. The summed E-state index contributed by atoms with van der Waals surface area (Å²) in [6.45, 7) is 3.75. The SMILES string of the molecule is COC(=O)c1cc(CNC(=O)c2ccn(C3CCCNC3)n2)oc1C.Cl. The van der Waals surface area contributed by atoms with E-state index in [0.29, 0.717) is 22.8 Å². The number of hydrogen-bond donors (Lipinski definition) is 2. The first-order chi connectivity index (χ1) is 12.1. The van der Waals surface area contributed by atoms with Crippen molar-refractivity contribution < 1.29 is 18.7 Å². The Morgan fingerprint density at radius 2 is 2.31 bits per heavy atom. The van der Waals surface area contributed by atoms with Crippen molar-refractivity contribution in [1.29, 1.82) is 0 Å². The molecule has 0 radical (unpaired) electrons. The second kappa shape index (κ2) is 8.86. The summed E-state index contributed by atoms with van der Waals surface area (Å²) < 4.78 is 12.0. The first-order valence-electron chi connectivity index (χ1n) is 8.30. The van der Waals surface area contributed by atoms with Gasteiger partial charge in [-0.2, -0.15) is 5.10 Å². The average molecular weight is 383 g/mol. The summed E-state index contributed by atoms with van der Waals surface area (Å²) >= 11 is 0. The number of nitrogens with zero attached hydrogens (tertiary/aromatic N) is 2. The lowest BCUT2D eigenvalue weighted by Gasteiger charge is -2.22. The van der Waals surface area contributed by atoms with Gasteiger partial charge in [-0.15, -0.1) is 12.4 Å². The Hall–Kier alpha value is -2.32. The number of hydrogen-bond acceptors (Lipinski definition) is 6. The van der Waals surface area contributed by atoms with E-state index in [9.17, 15) is 9.59 Å². The predicted octanol–water partition coefficient (Wildman–Crippen LogP) is 1.85. The molecule has 0 aliphatic carbocycles. The van der Waals surface area contributed by atoms with Gasteiger partial charge in [0.15, 0.2) is 0 Å². The molecule has 0 saturated carbocycles. The Morgan fingerprint density at radius 1 is 1.50 bits per heavy atom. The van der Waals surface area contributed by atoms with Crippen LogP contribution in [-0.2, 0) is 11.3 Å². The van der Waals surface area contributed by atoms with Crippen LogP contribution in [0.25, 0.3) is 0 Å². The number of halogens is 1. The van der Waals surface area contributed by atoms with Crippen LogP contribution >= 0.6 is 12.4 Å². The van der Waals surface area contributed by atoms with Crippen LogP contribution in [-0.4, -0.2) is 41.9 Å². The zero-order valence-electron chi connectivity index (χ0n) is 14.8. The number of furan rings is 1. The molecule has 142 valence electrons. The number of carbonyl (C=O) groups is 2. The zero-order chi connectivity index (χ0) is 17.8. The third-order valence-electron chi connectivity index (χ3n) is 4.28. The van der Waals surface area contributed by atoms with E-state index in [1.807, 2.05) is 10.9 Å². The van der Waals surface area contributed by atoms with Gasteiger partial charge in [0, 0.05) is 12.7 Å². The van der Waals surface area contributed by atoms with E-state index in [1.54, 1.807) is 19.1 Å². The highest BCUT2D eigenvalue weighted by Crippen LogP contribution is 2.17. The number of nitrogens with one attached hydrogen (secondary N) is 2. The van der Waals surface area contributed by atoms with Gasteiger partial charge in [-0.05, 0) is 38.4 Å². The first-order valence-corrected chi connectivity index (χ1v) is 8.30. The molecule has 1 atom stereocenters. The van der Waals surface area contributed by atoms with Gasteiger partial charge in [0.1, 0.15) is 22.8 Å². The predicted molar refractivity (Wildman–Crippen MR) is 96.6 cm³/mol. The van der Waals surface area contributed by atoms with Crippen molar-refractivity contribution in [2.24, 2.45) is 0 Å². The molecular formula is C17H23ClN4O4. The normalized spacial score (nSPS) is 16.6. The number of aromatic nitrogens is 2. The third-order valence-corrected chi connectivity index (χ3v) is 4.28. The molecule has 0 aromatic carbocycles. The minimum atomic E-state index is -0.460. The number of aryl methyl sites for hydroxylation is 1. The van der Waals surface area contributed by atoms with E-state index in [1.165, 1.54) is 7.11 Å². The van der Waals surface area contributed by atoms with Crippen molar-refractivity contribution >= 4 is 24.3 Å². The number of esters is 1. The van der Waals surface area contributed by atoms with Crippen molar-refractivity contribution in [3.8, 4) is 0 Å². The fourth-order valence-corrected chi connectivity index (χ4v) is 2.92. The standard InChI is InChI=1S/C17H22N4O4.ClH/c1-11-14(17(23)24-2)8-13(25-11)10-19-16(22)15-5-7-21(20-15)12-4-3-6-18-9-12;/h5,7-8,12,18H,3-4,6,9-10H2,1-2H3,(H,19,22);1H. The summed E-state index contributed by atoms with van der Waals surface area (Å²) in [5, 5.41) is 10.5. The molecule has 2 N–H and O–H groups in total. The molecule has 1 aliphatic rings. The van der Waals surface area contributed by atoms with Crippen LogP contribution in [0.1, 0.15) is 51.3 Å². The number of piperidine rings is 1. The van der Waals surface area contributed by atoms with E-state index in [2.05, 4.69) is 20.5 Å². The lowest BCUT2D eigenvalue weighted by molar-refractivity contribution is 0.0598. The van der Waals surface area contributed by atoms with Crippen LogP contribution in [0.3, 0.4) is 0 Å². The largest absolute Gasteiger partial charge is 0.465 e. The van der Waals surface area contributed by atoms with Gasteiger partial charge >= 0.3 is 5.97 Å². The summed E-state index contributed by atoms with van der Waals surface area (Å²) in [6, 6.07) is 3.57. The van der Waals surface area contributed by atoms with E-state index < -0.39 is 5.97 Å². The number of amides is 1. The molecule has 1 unspecified atom stereocenters. The lowest BCUT2D eigenvalue weighted by Crippen LogP contribution is -2.32. The van der Waals surface area contributed by atoms with Crippen LogP contribution in [0.4, 0.5) is 0 Å². The van der Waals surface area contributed by atoms with Crippen LogP contribution in [0.5, 0.6) is 0 Å². The highest BCUT2D eigenvalue weighted by Gasteiger charge is 2.19. The van der Waals surface area contributed by atoms with Crippen molar-refractivity contribution in [2.75, 3.05) is 20.2 Å². The molecular weight excluding hydrogens is 360 g/mol. The van der Waals surface area contributed by atoms with Gasteiger partial charge < -0.3 is 19.8 Å². The van der Waals surface area contributed by atoms with Gasteiger partial charge in [0.05, 0.1) is 19.7 Å². The molecule has 0 spiro atoms. The monoisotopic (exact) mass is 382 g/mol. The minimum Gasteiger partial charge on any atom is -0.465 e. The molecule has 3 rings (SSSR count). The Balaban J connectivity index is 0.00000243. The molecule has 9 heteroatoms. The number of methoxy groups -OCH3 is 1. The molecule has 2 aromatic rings. The van der Waals surface area contributed by atoms with Gasteiger partial charge in [-0.25, -0.2) is 4.79 Å². The molecule has 2 aromatic heterocycles. The van der Waals surface area contributed by atoms with Crippen molar-refractivity contribution in [2.45, 2.75) is 32.4 Å². The Kier molecular flexibility index (Phi) is 6.82. The van der Waals surface area contributed by atoms with Crippen LogP contribution in [0.15, 0.2) is 22.7 Å². The molecule has 3 heterocycles. The second-order valence-corrected chi connectivity index (χ2v) is 6.04. The highest BCUT2D eigenvalue weighted by molar-refractivity contribution is 5.92. The maximum Gasteiger partial charge on any atom is 0.341 e. The number of rotatable bonds is 5. The summed E-state index contributed by atoms with van der Waals surface area (Å²) in [4.78, 5) is 23.8. The summed E-state index contributed by atoms with van der Waals surface area (Å²) in [5.74, 6) is 0.210. The van der Waals surface area contributed by atoms with Crippen LogP contribution < -0.4 is 10.6 Å². The highest BCUT2D eigenvalue weighted by atomic mass is 35.5. The quantitative estimate of drug-likeness (QED) is 0.766. The van der Waals surface area contributed by atoms with Gasteiger partial charge in [-0.1, -0.05) is 0 Å². The van der Waals surface area contributed by atoms with Crippen LogP contribution in [0.2, 0.25) is 0 Å². The molecule has 1 aliphatic heterocycles. The van der Waals surface area contributed by atoms with Gasteiger partial charge in [0.25, 0.3) is 5.91 Å². The second-order valence-electron chi connectivity index (χ2n) is 6.04. The smallest absolute Gasteiger partial charge is 0.341 e. The molecule has 8 nitrogen and oxygen atoms in total. The van der Waals surface area contributed by atoms with Gasteiger partial charge in [-0.3, -0.25) is 9.48 Å². The fourth-order valence-electron chi connectivity index (χ4n) is 2.92. The van der Waals surface area contributed by atoms with Crippen molar-refractivity contribution in [3.63, 3.8) is 0 Å². The zero-order valence-corrected chi connectivity index (χ0v) is 15.6. The molecule has 1 fully saturated rings. The van der Waals surface area contributed by atoms with Crippen molar-refractivity contribution in [1.82, 2.24) is 20.4 Å². The summed E-state index contributed by atoms with van der Waals surface area (Å²) in [6.07, 6.45) is 3.99. The number of carbonyl (C=O) groups excluding carboxylic acids is 2. The first kappa shape index (κ1) is 20.0. The third kappa shape index (κ3) is 4.44. The summed E-state index contributed by atoms with van der Waals surface area (Å²) in [7, 11) is 1.31. The Morgan fingerprint density at radius 3 is 3.00 bits per heavy atom. The van der Waals surface area contributed by atoms with Gasteiger partial charge in [0.2, 0.25) is 0 Å². The maximum absolute atomic E-state index is 12.3. The van der Waals surface area contributed by atoms with Crippen LogP contribution in [0, 0.1) is 6.92 Å². The number of ether oxygens (including phenoxy) is 1. The topological polar surface area (TPSA) is 98.4 Å². The van der Waals surface area contributed by atoms with E-state index >= 15 is 0 Å². The maximum atomic E-state index is 12.3. The summed E-state index contributed by atoms with van der Waals surface area (Å²) in [5.41, 5.74) is 0.725. The molecule has 1 saturated heterocycles. The van der Waals surface area contributed by atoms with E-state index in [4.69, 9.17) is 4.42 Å². The Bertz CT molecular complexity index is 765.